The molecule has 0 amide bonds. The first kappa shape index (κ1) is 14.8. The first-order valence-electron chi connectivity index (χ1n) is 8.54. The molecule has 3 atom stereocenters. The highest BCUT2D eigenvalue weighted by atomic mass is 16.5. The molecule has 2 aromatic rings. The Bertz CT molecular complexity index is 669. The van der Waals surface area contributed by atoms with Crippen LogP contribution in [-0.2, 0) is 4.74 Å². The lowest BCUT2D eigenvalue weighted by atomic mass is 9.92. The van der Waals surface area contributed by atoms with Gasteiger partial charge in [-0.3, -0.25) is 0 Å². The molecule has 0 bridgehead atoms. The van der Waals surface area contributed by atoms with Gasteiger partial charge in [-0.1, -0.05) is 13.8 Å². The SMILES string of the molecule is CCN(CC)C[C@H]1CO[C@@H]2CN(c3ccc4nncn4n3)C[C@H]12. The van der Waals surface area contributed by atoms with E-state index in [1.807, 2.05) is 12.1 Å². The van der Waals surface area contributed by atoms with Crippen LogP contribution in [0.3, 0.4) is 0 Å². The summed E-state index contributed by atoms with van der Waals surface area (Å²) in [6, 6.07) is 4.00. The highest BCUT2D eigenvalue weighted by molar-refractivity contribution is 5.46. The highest BCUT2D eigenvalue weighted by Crippen LogP contribution is 2.35. The van der Waals surface area contributed by atoms with Crippen LogP contribution in [0.4, 0.5) is 5.82 Å². The van der Waals surface area contributed by atoms with Gasteiger partial charge in [0.1, 0.15) is 12.1 Å². The minimum atomic E-state index is 0.342. The second-order valence-electron chi connectivity index (χ2n) is 6.51. The van der Waals surface area contributed by atoms with Crippen LogP contribution in [0.2, 0.25) is 0 Å². The third-order valence-corrected chi connectivity index (χ3v) is 5.30. The Morgan fingerprint density at radius 2 is 2.13 bits per heavy atom. The molecule has 0 aliphatic carbocycles. The van der Waals surface area contributed by atoms with E-state index in [-0.39, 0.29) is 0 Å². The molecule has 2 aliphatic heterocycles. The Kier molecular flexibility index (Phi) is 3.90. The molecule has 124 valence electrons. The maximum atomic E-state index is 6.08. The van der Waals surface area contributed by atoms with Gasteiger partial charge in [-0.15, -0.1) is 15.3 Å². The molecule has 23 heavy (non-hydrogen) atoms. The van der Waals surface area contributed by atoms with E-state index in [0.29, 0.717) is 17.9 Å². The lowest BCUT2D eigenvalue weighted by molar-refractivity contribution is 0.109. The monoisotopic (exact) mass is 316 g/mol. The zero-order valence-electron chi connectivity index (χ0n) is 13.8. The van der Waals surface area contributed by atoms with Crippen LogP contribution >= 0.6 is 0 Å². The minimum absolute atomic E-state index is 0.342. The van der Waals surface area contributed by atoms with Crippen molar-refractivity contribution in [3.63, 3.8) is 0 Å². The summed E-state index contributed by atoms with van der Waals surface area (Å²) >= 11 is 0. The quantitative estimate of drug-likeness (QED) is 0.817. The molecule has 2 fully saturated rings. The molecule has 0 aromatic carbocycles. The van der Waals surface area contributed by atoms with E-state index in [9.17, 15) is 0 Å². The lowest BCUT2D eigenvalue weighted by Crippen LogP contribution is -2.34. The number of hydrogen-bond donors (Lipinski definition) is 0. The number of nitrogens with zero attached hydrogens (tertiary/aromatic N) is 6. The fourth-order valence-electron chi connectivity index (χ4n) is 3.87. The molecule has 2 aliphatic rings. The van der Waals surface area contributed by atoms with E-state index < -0.39 is 0 Å². The molecule has 4 heterocycles. The number of rotatable bonds is 5. The molecular formula is C16H24N6O. The van der Waals surface area contributed by atoms with Crippen molar-refractivity contribution in [1.29, 1.82) is 0 Å². The molecule has 0 saturated carbocycles. The summed E-state index contributed by atoms with van der Waals surface area (Å²) in [6.45, 7) is 10.7. The standard InChI is InChI=1S/C16H24N6O/c1-3-20(4-2)7-12-10-23-14-9-21(8-13(12)14)16-6-5-15-18-17-11-22(15)19-16/h5-6,11-14H,3-4,7-10H2,1-2H3/t12-,13+,14+/m0/s1. The average Bonchev–Trinajstić information content (AvgIpc) is 3.27. The van der Waals surface area contributed by atoms with E-state index in [1.54, 1.807) is 10.8 Å². The molecule has 0 radical (unpaired) electrons. The van der Waals surface area contributed by atoms with Crippen LogP contribution in [0.25, 0.3) is 5.65 Å². The fourth-order valence-corrected chi connectivity index (χ4v) is 3.87. The number of hydrogen-bond acceptors (Lipinski definition) is 6. The van der Waals surface area contributed by atoms with Crippen LogP contribution < -0.4 is 4.90 Å². The van der Waals surface area contributed by atoms with Gasteiger partial charge in [-0.05, 0) is 25.2 Å². The van der Waals surface area contributed by atoms with Gasteiger partial charge in [0.15, 0.2) is 5.65 Å². The topological polar surface area (TPSA) is 58.8 Å². The molecular weight excluding hydrogens is 292 g/mol. The predicted molar refractivity (Wildman–Crippen MR) is 87.5 cm³/mol. The summed E-state index contributed by atoms with van der Waals surface area (Å²) in [5, 5.41) is 12.5. The van der Waals surface area contributed by atoms with Crippen molar-refractivity contribution in [3.05, 3.63) is 18.5 Å². The number of anilines is 1. The van der Waals surface area contributed by atoms with Gasteiger partial charge in [0.25, 0.3) is 0 Å². The van der Waals surface area contributed by atoms with Crippen LogP contribution in [0.1, 0.15) is 13.8 Å². The van der Waals surface area contributed by atoms with Gasteiger partial charge in [-0.2, -0.15) is 4.52 Å². The smallest absolute Gasteiger partial charge is 0.177 e. The Balaban J connectivity index is 1.47. The zero-order chi connectivity index (χ0) is 15.8. The van der Waals surface area contributed by atoms with Crippen molar-refractivity contribution in [2.75, 3.05) is 44.2 Å². The second kappa shape index (κ2) is 6.05. The highest BCUT2D eigenvalue weighted by Gasteiger charge is 2.44. The van der Waals surface area contributed by atoms with Crippen LogP contribution in [-0.4, -0.2) is 70.1 Å². The summed E-state index contributed by atoms with van der Waals surface area (Å²) in [4.78, 5) is 4.84. The number of fused-ring (bicyclic) bond motifs is 2. The first-order chi connectivity index (χ1) is 11.3. The van der Waals surface area contributed by atoms with Gasteiger partial charge in [-0.25, -0.2) is 0 Å². The van der Waals surface area contributed by atoms with Gasteiger partial charge < -0.3 is 14.5 Å². The van der Waals surface area contributed by atoms with E-state index in [1.165, 1.54) is 0 Å². The molecule has 0 spiro atoms. The van der Waals surface area contributed by atoms with Gasteiger partial charge in [0.2, 0.25) is 0 Å². The summed E-state index contributed by atoms with van der Waals surface area (Å²) in [6.07, 6.45) is 1.99. The summed E-state index contributed by atoms with van der Waals surface area (Å²) < 4.78 is 7.81. The Hall–Kier alpha value is -1.73. The van der Waals surface area contributed by atoms with Crippen LogP contribution in [0.5, 0.6) is 0 Å². The van der Waals surface area contributed by atoms with Crippen molar-refractivity contribution >= 4 is 11.5 Å². The van der Waals surface area contributed by atoms with Gasteiger partial charge in [0.05, 0.1) is 12.7 Å². The third-order valence-electron chi connectivity index (χ3n) is 5.30. The third kappa shape index (κ3) is 2.68. The lowest BCUT2D eigenvalue weighted by Gasteiger charge is -2.25. The number of aromatic nitrogens is 4. The molecule has 2 aromatic heterocycles. The van der Waals surface area contributed by atoms with Crippen molar-refractivity contribution in [2.24, 2.45) is 11.8 Å². The Labute approximate surface area is 136 Å². The summed E-state index contributed by atoms with van der Waals surface area (Å²) in [5.74, 6) is 2.22. The Morgan fingerprint density at radius 1 is 1.26 bits per heavy atom. The van der Waals surface area contributed by atoms with Gasteiger partial charge >= 0.3 is 0 Å². The summed E-state index contributed by atoms with van der Waals surface area (Å²) in [7, 11) is 0. The molecule has 7 nitrogen and oxygen atoms in total. The maximum absolute atomic E-state index is 6.08. The molecule has 4 rings (SSSR count). The Morgan fingerprint density at radius 3 is 2.96 bits per heavy atom. The number of ether oxygens (including phenoxy) is 1. The van der Waals surface area contributed by atoms with E-state index in [0.717, 1.165) is 50.8 Å². The second-order valence-corrected chi connectivity index (χ2v) is 6.51. The van der Waals surface area contributed by atoms with E-state index in [4.69, 9.17) is 4.74 Å². The van der Waals surface area contributed by atoms with Crippen molar-refractivity contribution in [3.8, 4) is 0 Å². The normalized spacial score (nSPS) is 27.3. The molecule has 7 heteroatoms. The van der Waals surface area contributed by atoms with Gasteiger partial charge in [0, 0.05) is 31.5 Å². The zero-order valence-corrected chi connectivity index (χ0v) is 13.8. The molecule has 0 unspecified atom stereocenters. The molecule has 2 saturated heterocycles. The fraction of sp³-hybridized carbons (Fsp3) is 0.688. The average molecular weight is 316 g/mol. The largest absolute Gasteiger partial charge is 0.376 e. The maximum Gasteiger partial charge on any atom is 0.177 e. The van der Waals surface area contributed by atoms with E-state index in [2.05, 4.69) is 38.9 Å². The predicted octanol–water partition coefficient (Wildman–Crippen LogP) is 0.917. The van der Waals surface area contributed by atoms with E-state index >= 15 is 0 Å². The van der Waals surface area contributed by atoms with Crippen molar-refractivity contribution in [1.82, 2.24) is 24.7 Å². The first-order valence-corrected chi connectivity index (χ1v) is 8.54. The molecule has 0 N–H and O–H groups in total. The van der Waals surface area contributed by atoms with Crippen LogP contribution in [0, 0.1) is 11.8 Å². The van der Waals surface area contributed by atoms with Crippen LogP contribution in [0.15, 0.2) is 18.5 Å². The van der Waals surface area contributed by atoms with Crippen molar-refractivity contribution < 1.29 is 4.74 Å². The van der Waals surface area contributed by atoms with Crippen molar-refractivity contribution in [2.45, 2.75) is 20.0 Å². The summed E-state index contributed by atoms with van der Waals surface area (Å²) in [5.41, 5.74) is 0.781. The minimum Gasteiger partial charge on any atom is -0.376 e.